The number of anilines is 2. The van der Waals surface area contributed by atoms with Crippen LogP contribution < -0.4 is 10.6 Å². The molecule has 0 radical (unpaired) electrons. The Labute approximate surface area is 121 Å². The standard InChI is InChI=1S/C13H16N8/c1-20-6-10(5-16-20)18-12-13-15-8-17-21(13)7-11(19-12)9-2-3-14-4-9/h5-9,14H,2-4H2,1H3,(H,18,19). The Balaban J connectivity index is 1.76. The van der Waals surface area contributed by atoms with Crippen molar-refractivity contribution in [2.75, 3.05) is 18.4 Å². The number of nitrogens with zero attached hydrogens (tertiary/aromatic N) is 6. The van der Waals surface area contributed by atoms with Crippen LogP contribution in [0.4, 0.5) is 11.5 Å². The Morgan fingerprint density at radius 3 is 3.05 bits per heavy atom. The number of hydrogen-bond acceptors (Lipinski definition) is 6. The van der Waals surface area contributed by atoms with E-state index in [-0.39, 0.29) is 0 Å². The average Bonchev–Trinajstić information content (AvgIpc) is 3.18. The number of fused-ring (bicyclic) bond motifs is 1. The van der Waals surface area contributed by atoms with Crippen molar-refractivity contribution in [3.05, 3.63) is 30.6 Å². The fraction of sp³-hybridized carbons (Fsp3) is 0.385. The van der Waals surface area contributed by atoms with E-state index in [1.54, 1.807) is 21.7 Å². The van der Waals surface area contributed by atoms with Crippen LogP contribution in [0, 0.1) is 0 Å². The lowest BCUT2D eigenvalue weighted by molar-refractivity contribution is 0.721. The molecule has 0 saturated carbocycles. The molecule has 2 N–H and O–H groups in total. The molecule has 0 bridgehead atoms. The molecule has 3 aromatic rings. The zero-order valence-electron chi connectivity index (χ0n) is 11.7. The van der Waals surface area contributed by atoms with Crippen LogP contribution in [-0.2, 0) is 7.05 Å². The summed E-state index contributed by atoms with van der Waals surface area (Å²) in [5, 5.41) is 15.0. The van der Waals surface area contributed by atoms with Crippen LogP contribution in [0.15, 0.2) is 24.9 Å². The molecular formula is C13H16N8. The Bertz CT molecular complexity index is 767. The Morgan fingerprint density at radius 2 is 2.29 bits per heavy atom. The molecule has 108 valence electrons. The van der Waals surface area contributed by atoms with E-state index in [1.165, 1.54) is 0 Å². The molecule has 0 amide bonds. The Kier molecular flexibility index (Phi) is 2.81. The molecule has 4 rings (SSSR count). The van der Waals surface area contributed by atoms with E-state index >= 15 is 0 Å². The first-order valence-electron chi connectivity index (χ1n) is 6.96. The molecule has 1 saturated heterocycles. The zero-order valence-corrected chi connectivity index (χ0v) is 11.7. The molecule has 21 heavy (non-hydrogen) atoms. The number of aryl methyl sites for hydroxylation is 1. The van der Waals surface area contributed by atoms with Crippen LogP contribution in [-0.4, -0.2) is 42.5 Å². The minimum atomic E-state index is 0.424. The number of nitrogens with one attached hydrogen (secondary N) is 2. The molecule has 3 aromatic heterocycles. The molecule has 0 aliphatic carbocycles. The summed E-state index contributed by atoms with van der Waals surface area (Å²) >= 11 is 0. The highest BCUT2D eigenvalue weighted by atomic mass is 15.3. The van der Waals surface area contributed by atoms with Crippen LogP contribution in [0.3, 0.4) is 0 Å². The first-order chi connectivity index (χ1) is 10.3. The summed E-state index contributed by atoms with van der Waals surface area (Å²) in [5.41, 5.74) is 2.63. The third-order valence-electron chi connectivity index (χ3n) is 3.73. The summed E-state index contributed by atoms with van der Waals surface area (Å²) in [4.78, 5) is 9.02. The van der Waals surface area contributed by atoms with E-state index in [1.807, 2.05) is 19.4 Å². The fourth-order valence-electron chi connectivity index (χ4n) is 2.66. The van der Waals surface area contributed by atoms with Gasteiger partial charge in [0, 0.05) is 25.7 Å². The summed E-state index contributed by atoms with van der Waals surface area (Å²) in [6.45, 7) is 1.99. The van der Waals surface area contributed by atoms with Gasteiger partial charge < -0.3 is 10.6 Å². The summed E-state index contributed by atoms with van der Waals surface area (Å²) in [6, 6.07) is 0. The van der Waals surface area contributed by atoms with Gasteiger partial charge in [-0.25, -0.2) is 14.5 Å². The minimum Gasteiger partial charge on any atom is -0.334 e. The predicted molar refractivity (Wildman–Crippen MR) is 77.5 cm³/mol. The third kappa shape index (κ3) is 2.23. The van der Waals surface area contributed by atoms with E-state index in [0.29, 0.717) is 17.4 Å². The molecule has 8 heteroatoms. The van der Waals surface area contributed by atoms with Crippen molar-refractivity contribution in [3.63, 3.8) is 0 Å². The van der Waals surface area contributed by atoms with Gasteiger partial charge in [0.15, 0.2) is 11.5 Å². The zero-order chi connectivity index (χ0) is 14.2. The van der Waals surface area contributed by atoms with E-state index < -0.39 is 0 Å². The maximum Gasteiger partial charge on any atom is 0.198 e. The molecule has 0 spiro atoms. The Hall–Kier alpha value is -2.48. The first-order valence-corrected chi connectivity index (χ1v) is 6.96. The Morgan fingerprint density at radius 1 is 1.33 bits per heavy atom. The maximum absolute atomic E-state index is 4.75. The van der Waals surface area contributed by atoms with E-state index in [9.17, 15) is 0 Å². The van der Waals surface area contributed by atoms with Crippen molar-refractivity contribution < 1.29 is 0 Å². The van der Waals surface area contributed by atoms with Gasteiger partial charge in [0.05, 0.1) is 23.8 Å². The van der Waals surface area contributed by atoms with Gasteiger partial charge in [-0.1, -0.05) is 0 Å². The predicted octanol–water partition coefficient (Wildman–Crippen LogP) is 0.678. The second-order valence-corrected chi connectivity index (χ2v) is 5.26. The number of rotatable bonds is 3. The molecule has 1 aliphatic rings. The van der Waals surface area contributed by atoms with Crippen LogP contribution in [0.2, 0.25) is 0 Å². The van der Waals surface area contributed by atoms with Gasteiger partial charge in [-0.15, -0.1) is 0 Å². The first kappa shape index (κ1) is 12.3. The van der Waals surface area contributed by atoms with Crippen LogP contribution in [0.1, 0.15) is 18.0 Å². The highest BCUT2D eigenvalue weighted by molar-refractivity contribution is 5.68. The van der Waals surface area contributed by atoms with E-state index in [4.69, 9.17) is 4.98 Å². The minimum absolute atomic E-state index is 0.424. The molecule has 4 heterocycles. The van der Waals surface area contributed by atoms with E-state index in [2.05, 4.69) is 25.8 Å². The SMILES string of the molecule is Cn1cc(Nc2nc(C3CCNC3)cn3ncnc23)cn1. The number of aromatic nitrogens is 6. The topological polar surface area (TPSA) is 85.0 Å². The average molecular weight is 284 g/mol. The van der Waals surface area contributed by atoms with Gasteiger partial charge in [0.2, 0.25) is 0 Å². The van der Waals surface area contributed by atoms with Gasteiger partial charge in [-0.3, -0.25) is 4.68 Å². The monoisotopic (exact) mass is 284 g/mol. The van der Waals surface area contributed by atoms with Crippen LogP contribution in [0.5, 0.6) is 0 Å². The molecule has 1 fully saturated rings. The van der Waals surface area contributed by atoms with Gasteiger partial charge in [-0.05, 0) is 13.0 Å². The van der Waals surface area contributed by atoms with Crippen molar-refractivity contribution >= 4 is 17.2 Å². The molecule has 1 aliphatic heterocycles. The van der Waals surface area contributed by atoms with Crippen LogP contribution in [0.25, 0.3) is 5.65 Å². The van der Waals surface area contributed by atoms with Gasteiger partial charge >= 0.3 is 0 Å². The van der Waals surface area contributed by atoms with Crippen molar-refractivity contribution in [3.8, 4) is 0 Å². The molecular weight excluding hydrogens is 268 g/mol. The normalized spacial score (nSPS) is 18.4. The molecule has 0 aromatic carbocycles. The highest BCUT2D eigenvalue weighted by Gasteiger charge is 2.20. The largest absolute Gasteiger partial charge is 0.334 e. The van der Waals surface area contributed by atoms with Crippen molar-refractivity contribution in [1.82, 2.24) is 34.7 Å². The smallest absolute Gasteiger partial charge is 0.198 e. The quantitative estimate of drug-likeness (QED) is 0.735. The van der Waals surface area contributed by atoms with Crippen molar-refractivity contribution in [2.24, 2.45) is 7.05 Å². The molecule has 8 nitrogen and oxygen atoms in total. The second kappa shape index (κ2) is 4.81. The summed E-state index contributed by atoms with van der Waals surface area (Å²) in [5.74, 6) is 1.14. The van der Waals surface area contributed by atoms with Crippen LogP contribution >= 0.6 is 0 Å². The molecule has 1 atom stereocenters. The summed E-state index contributed by atoms with van der Waals surface area (Å²) < 4.78 is 3.52. The second-order valence-electron chi connectivity index (χ2n) is 5.26. The maximum atomic E-state index is 4.75. The van der Waals surface area contributed by atoms with Gasteiger partial charge in [-0.2, -0.15) is 10.2 Å². The van der Waals surface area contributed by atoms with Crippen molar-refractivity contribution in [2.45, 2.75) is 12.3 Å². The van der Waals surface area contributed by atoms with Gasteiger partial charge in [0.25, 0.3) is 0 Å². The van der Waals surface area contributed by atoms with E-state index in [0.717, 1.165) is 30.9 Å². The number of hydrogen-bond donors (Lipinski definition) is 2. The fourth-order valence-corrected chi connectivity index (χ4v) is 2.66. The lowest BCUT2D eigenvalue weighted by Gasteiger charge is -2.11. The van der Waals surface area contributed by atoms with Gasteiger partial charge in [0.1, 0.15) is 6.33 Å². The van der Waals surface area contributed by atoms with Crippen molar-refractivity contribution in [1.29, 1.82) is 0 Å². The lowest BCUT2D eigenvalue weighted by Crippen LogP contribution is -2.11. The summed E-state index contributed by atoms with van der Waals surface area (Å²) in [7, 11) is 1.88. The molecule has 1 unspecified atom stereocenters. The highest BCUT2D eigenvalue weighted by Crippen LogP contribution is 2.24. The lowest BCUT2D eigenvalue weighted by atomic mass is 10.1. The summed E-state index contributed by atoms with van der Waals surface area (Å²) in [6.07, 6.45) is 8.27. The third-order valence-corrected chi connectivity index (χ3v) is 3.73.